The Bertz CT molecular complexity index is 2830. The minimum atomic E-state index is -5.21. The summed E-state index contributed by atoms with van der Waals surface area (Å²) in [5.41, 5.74) is 0.808. The molecule has 0 fully saturated rings. The predicted octanol–water partition coefficient (Wildman–Crippen LogP) is 2.76. The van der Waals surface area contributed by atoms with Crippen LogP contribution in [0.2, 0.25) is 0 Å². The number of halogens is 5. The van der Waals surface area contributed by atoms with Crippen molar-refractivity contribution < 1.29 is 26.7 Å². The number of nitrogens with zero attached hydrogens (tertiary/aromatic N) is 12. The first-order chi connectivity index (χ1) is 24.7. The van der Waals surface area contributed by atoms with Crippen LogP contribution in [0.4, 0.5) is 22.0 Å². The molecule has 0 unspecified atom stereocenters. The number of fused-ring (bicyclic) bond motifs is 3. The zero-order valence-electron chi connectivity index (χ0n) is 26.6. The molecule has 0 saturated carbocycles. The van der Waals surface area contributed by atoms with Gasteiger partial charge in [-0.15, -0.1) is 13.2 Å². The molecule has 0 saturated heterocycles. The first-order valence-corrected chi connectivity index (χ1v) is 14.7. The average Bonchev–Trinajstić information content (AvgIpc) is 3.79. The van der Waals surface area contributed by atoms with Crippen molar-refractivity contribution in [2.75, 3.05) is 0 Å². The maximum Gasteiger partial charge on any atom is 0.573 e. The SMILES string of the molecule is [C-]#[N+]/C(=C1\N=c2cc(F)cc(OC(F)(F)F)c2=N1)c1nc(/C(C#N)=C2/N=c3cc(C)cc(C)c3=N2)nc(/C(C#N)=C2/N=c3cc(F)cc(C)c3=N2)n1. The van der Waals surface area contributed by atoms with Crippen molar-refractivity contribution in [1.82, 2.24) is 15.0 Å². The van der Waals surface area contributed by atoms with Crippen LogP contribution >= 0.6 is 0 Å². The number of alkyl halides is 3. The van der Waals surface area contributed by atoms with E-state index < -0.39 is 58.1 Å². The van der Waals surface area contributed by atoms with Crippen molar-refractivity contribution in [2.45, 2.75) is 27.1 Å². The summed E-state index contributed by atoms with van der Waals surface area (Å²) < 4.78 is 71.8. The fourth-order valence-corrected chi connectivity index (χ4v) is 5.45. The zero-order chi connectivity index (χ0) is 37.1. The van der Waals surface area contributed by atoms with Crippen LogP contribution in [-0.2, 0) is 0 Å². The van der Waals surface area contributed by atoms with Crippen molar-refractivity contribution in [1.29, 1.82) is 10.5 Å². The van der Waals surface area contributed by atoms with Crippen molar-refractivity contribution in [3.63, 3.8) is 0 Å². The molecule has 52 heavy (non-hydrogen) atoms. The largest absolute Gasteiger partial charge is 0.573 e. The number of hydrogen-bond donors (Lipinski definition) is 0. The van der Waals surface area contributed by atoms with Gasteiger partial charge in [-0.3, -0.25) is 0 Å². The number of nitriles is 2. The third-order valence-corrected chi connectivity index (χ3v) is 7.54. The van der Waals surface area contributed by atoms with Gasteiger partial charge in [-0.05, 0) is 49.6 Å². The van der Waals surface area contributed by atoms with Gasteiger partial charge in [0.2, 0.25) is 0 Å². The summed E-state index contributed by atoms with van der Waals surface area (Å²) in [5.74, 6) is -4.99. The van der Waals surface area contributed by atoms with E-state index in [0.717, 1.165) is 23.3 Å². The number of aromatic nitrogens is 3. The van der Waals surface area contributed by atoms with E-state index >= 15 is 0 Å². The molecular weight excluding hydrogens is 687 g/mol. The Labute approximate surface area is 287 Å². The number of aryl methyl sites for hydroxylation is 3. The molecule has 13 nitrogen and oxygen atoms in total. The van der Waals surface area contributed by atoms with Crippen molar-refractivity contribution >= 4 is 16.8 Å². The zero-order valence-corrected chi connectivity index (χ0v) is 26.6. The van der Waals surface area contributed by atoms with E-state index in [4.69, 9.17) is 6.57 Å². The lowest BCUT2D eigenvalue weighted by Gasteiger charge is -2.08. The highest BCUT2D eigenvalue weighted by atomic mass is 19.4. The van der Waals surface area contributed by atoms with Gasteiger partial charge in [-0.2, -0.15) is 10.5 Å². The number of benzene rings is 3. The first kappa shape index (κ1) is 33.1. The first-order valence-electron chi connectivity index (χ1n) is 14.7. The lowest BCUT2D eigenvalue weighted by molar-refractivity contribution is -0.275. The molecule has 0 atom stereocenters. The molecule has 0 spiro atoms. The van der Waals surface area contributed by atoms with Gasteiger partial charge in [0.05, 0.1) is 33.4 Å². The fraction of sp³-hybridized carbons (Fsp3) is 0.118. The van der Waals surface area contributed by atoms with Crippen molar-refractivity contribution in [3.05, 3.63) is 143 Å². The molecule has 0 radical (unpaired) electrons. The minimum absolute atomic E-state index is 0.0988. The van der Waals surface area contributed by atoms with Gasteiger partial charge >= 0.3 is 6.36 Å². The topological polar surface area (TPSA) is 174 Å². The second kappa shape index (κ2) is 12.2. The van der Waals surface area contributed by atoms with Crippen LogP contribution in [0.5, 0.6) is 5.75 Å². The van der Waals surface area contributed by atoms with Crippen LogP contribution in [0.25, 0.3) is 21.7 Å². The Kier molecular flexibility index (Phi) is 7.76. The summed E-state index contributed by atoms with van der Waals surface area (Å²) in [7, 11) is 0. The summed E-state index contributed by atoms with van der Waals surface area (Å²) in [6.07, 6.45) is -5.21. The number of allylic oxidation sites excluding steroid dienone is 2. The van der Waals surface area contributed by atoms with Gasteiger partial charge in [0.15, 0.2) is 40.7 Å². The lowest BCUT2D eigenvalue weighted by atomic mass is 10.1. The van der Waals surface area contributed by atoms with E-state index in [-0.39, 0.29) is 38.9 Å². The highest BCUT2D eigenvalue weighted by Crippen LogP contribution is 2.28. The maximum absolute atomic E-state index is 14.3. The summed E-state index contributed by atoms with van der Waals surface area (Å²) >= 11 is 0. The van der Waals surface area contributed by atoms with Crippen LogP contribution in [-0.4, -0.2) is 21.3 Å². The molecule has 7 rings (SSSR count). The highest BCUT2D eigenvalue weighted by molar-refractivity contribution is 5.80. The molecule has 0 amide bonds. The molecule has 1 aromatic heterocycles. The van der Waals surface area contributed by atoms with Crippen LogP contribution in [0, 0.1) is 61.6 Å². The third kappa shape index (κ3) is 5.92. The van der Waals surface area contributed by atoms with E-state index in [0.29, 0.717) is 22.3 Å². The second-order valence-electron chi connectivity index (χ2n) is 11.2. The maximum atomic E-state index is 14.3. The van der Waals surface area contributed by atoms with Gasteiger partial charge in [0.25, 0.3) is 5.70 Å². The summed E-state index contributed by atoms with van der Waals surface area (Å²) in [4.78, 5) is 41.9. The molecule has 252 valence electrons. The van der Waals surface area contributed by atoms with E-state index in [1.165, 1.54) is 6.07 Å². The van der Waals surface area contributed by atoms with Crippen molar-refractivity contribution in [2.24, 2.45) is 30.0 Å². The van der Waals surface area contributed by atoms with Gasteiger partial charge in [-0.1, -0.05) is 6.07 Å². The standard InChI is InChI=1S/C34H15F5N12O/c1-13-5-14(2)24-20(6-13)43-28(46-24)18(11-40)30-49-31(19(12-41)29-44-21-8-16(35)7-15(3)25(21)47-29)51-33(50-30)27(42-4)32-45-22-9-17(36)10-23(26(22)48-32)52-34(37,38)39/h5-10H,1-3H3/b28-18-,29-19-,32-27+. The molecular formula is C34H15F5N12O. The van der Waals surface area contributed by atoms with Crippen LogP contribution in [0.1, 0.15) is 34.2 Å². The Balaban J connectivity index is 1.51. The van der Waals surface area contributed by atoms with E-state index in [1.54, 1.807) is 13.0 Å². The van der Waals surface area contributed by atoms with Crippen LogP contribution in [0.15, 0.2) is 83.8 Å². The molecule has 3 aliphatic rings. The molecule has 4 heterocycles. The molecule has 3 aromatic carbocycles. The van der Waals surface area contributed by atoms with Gasteiger partial charge in [-0.25, -0.2) is 58.5 Å². The number of ether oxygens (including phenoxy) is 1. The lowest BCUT2D eigenvalue weighted by Crippen LogP contribution is -2.29. The average molecular weight is 703 g/mol. The van der Waals surface area contributed by atoms with Gasteiger partial charge in [0, 0.05) is 18.2 Å². The normalized spacial score (nSPS) is 16.5. The molecule has 4 aromatic rings. The molecule has 0 N–H and O–H groups in total. The van der Waals surface area contributed by atoms with E-state index in [1.807, 2.05) is 32.1 Å². The Morgan fingerprint density at radius 1 is 0.654 bits per heavy atom. The molecule has 0 aliphatic carbocycles. The number of rotatable bonds is 4. The monoisotopic (exact) mass is 702 g/mol. The third-order valence-electron chi connectivity index (χ3n) is 7.54. The molecule has 3 aliphatic heterocycles. The van der Waals surface area contributed by atoms with Crippen LogP contribution in [0.3, 0.4) is 0 Å². The summed E-state index contributed by atoms with van der Waals surface area (Å²) in [6, 6.07) is 11.1. The smallest absolute Gasteiger partial charge is 0.403 e. The Morgan fingerprint density at radius 2 is 1.13 bits per heavy atom. The minimum Gasteiger partial charge on any atom is -0.403 e. The predicted molar refractivity (Wildman–Crippen MR) is 165 cm³/mol. The van der Waals surface area contributed by atoms with E-state index in [2.05, 4.69) is 54.5 Å². The Morgan fingerprint density at radius 3 is 1.69 bits per heavy atom. The van der Waals surface area contributed by atoms with Gasteiger partial charge < -0.3 is 4.74 Å². The van der Waals surface area contributed by atoms with Crippen molar-refractivity contribution in [3.8, 4) is 17.9 Å². The second-order valence-corrected chi connectivity index (χ2v) is 11.2. The van der Waals surface area contributed by atoms with Gasteiger partial charge in [0.1, 0.15) is 40.3 Å². The molecule has 0 bridgehead atoms. The van der Waals surface area contributed by atoms with Crippen LogP contribution < -0.4 is 36.9 Å². The van der Waals surface area contributed by atoms with E-state index in [9.17, 15) is 32.5 Å². The summed E-state index contributed by atoms with van der Waals surface area (Å²) in [5, 5.41) is 21.1. The molecule has 18 heteroatoms. The quantitative estimate of drug-likeness (QED) is 0.180. The highest BCUT2D eigenvalue weighted by Gasteiger charge is 2.33. The fourth-order valence-electron chi connectivity index (χ4n) is 5.45. The summed E-state index contributed by atoms with van der Waals surface area (Å²) in [6.45, 7) is 13.2. The number of hydrogen-bond acceptors (Lipinski definition) is 12. The Hall–Kier alpha value is -7.39.